The first-order valence-electron chi connectivity index (χ1n) is 12.3. The van der Waals surface area contributed by atoms with Crippen molar-refractivity contribution in [1.82, 2.24) is 5.32 Å². The third-order valence-corrected chi connectivity index (χ3v) is 6.52. The number of urea groups is 1. The molecule has 176 valence electrons. The lowest BCUT2D eigenvalue weighted by Crippen LogP contribution is -2.29. The zero-order valence-electron chi connectivity index (χ0n) is 19.6. The monoisotopic (exact) mass is 456 g/mol. The Balaban J connectivity index is 1.47. The summed E-state index contributed by atoms with van der Waals surface area (Å²) in [7, 11) is 0. The molecule has 5 heteroatoms. The van der Waals surface area contributed by atoms with Gasteiger partial charge in [-0.2, -0.15) is 0 Å². The summed E-state index contributed by atoms with van der Waals surface area (Å²) in [4.78, 5) is 14.2. The molecular formula is C27H40N2O2S. The minimum absolute atomic E-state index is 0.146. The third-order valence-electron chi connectivity index (χ3n) is 5.50. The molecule has 32 heavy (non-hydrogen) atoms. The Labute approximate surface area is 198 Å². The number of rotatable bonds is 16. The molecule has 0 saturated heterocycles. The smallest absolute Gasteiger partial charge is 0.319 e. The number of unbranched alkanes of at least 4 members (excludes halogenated alkanes) is 11. The summed E-state index contributed by atoms with van der Waals surface area (Å²) >= 11 is 1.62. The minimum Gasteiger partial charge on any atom is -0.508 e. The number of carbonyl (C=O) groups excluding carboxylic acids is 1. The lowest BCUT2D eigenvalue weighted by Gasteiger charge is -2.09. The Kier molecular flexibility index (Phi) is 13.5. The van der Waals surface area contributed by atoms with Crippen molar-refractivity contribution in [3.05, 3.63) is 48.5 Å². The Bertz CT molecular complexity index is 747. The summed E-state index contributed by atoms with van der Waals surface area (Å²) in [6, 6.07) is 14.8. The van der Waals surface area contributed by atoms with Crippen molar-refractivity contribution in [1.29, 1.82) is 0 Å². The molecule has 0 aliphatic carbocycles. The number of anilines is 1. The summed E-state index contributed by atoms with van der Waals surface area (Å²) in [6.07, 6.45) is 15.8. The average molecular weight is 457 g/mol. The van der Waals surface area contributed by atoms with Crippen molar-refractivity contribution < 1.29 is 9.90 Å². The van der Waals surface area contributed by atoms with Gasteiger partial charge in [0.2, 0.25) is 0 Å². The van der Waals surface area contributed by atoms with Crippen molar-refractivity contribution >= 4 is 23.5 Å². The highest BCUT2D eigenvalue weighted by Gasteiger charge is 2.03. The predicted octanol–water partition coefficient (Wildman–Crippen LogP) is 8.37. The van der Waals surface area contributed by atoms with Crippen LogP contribution in [0, 0.1) is 0 Å². The molecule has 0 aliphatic rings. The van der Waals surface area contributed by atoms with Crippen molar-refractivity contribution in [3.8, 4) is 5.75 Å². The molecule has 0 radical (unpaired) electrons. The highest BCUT2D eigenvalue weighted by atomic mass is 32.2. The molecular weight excluding hydrogens is 416 g/mol. The van der Waals surface area contributed by atoms with Crippen LogP contribution in [0.25, 0.3) is 0 Å². The number of hydrogen-bond donors (Lipinski definition) is 3. The Morgan fingerprint density at radius 1 is 0.719 bits per heavy atom. The van der Waals surface area contributed by atoms with E-state index in [0.29, 0.717) is 0 Å². The van der Waals surface area contributed by atoms with Crippen LogP contribution in [-0.2, 0) is 0 Å². The molecule has 0 bridgehead atoms. The SMILES string of the molecule is CCCCCCCCCCCCCCNC(=O)Nc1ccc(Sc2ccc(O)cc2)cc1. The first-order chi connectivity index (χ1) is 15.7. The summed E-state index contributed by atoms with van der Waals surface area (Å²) < 4.78 is 0. The van der Waals surface area contributed by atoms with Crippen LogP contribution < -0.4 is 10.6 Å². The van der Waals surface area contributed by atoms with Crippen LogP contribution in [0.4, 0.5) is 10.5 Å². The molecule has 0 fully saturated rings. The number of amides is 2. The topological polar surface area (TPSA) is 61.4 Å². The fourth-order valence-corrected chi connectivity index (χ4v) is 4.42. The summed E-state index contributed by atoms with van der Waals surface area (Å²) in [6.45, 7) is 2.99. The van der Waals surface area contributed by atoms with Crippen molar-refractivity contribution in [2.75, 3.05) is 11.9 Å². The van der Waals surface area contributed by atoms with Gasteiger partial charge in [-0.05, 0) is 55.0 Å². The first kappa shape index (κ1) is 26.1. The molecule has 4 nitrogen and oxygen atoms in total. The largest absolute Gasteiger partial charge is 0.508 e. The standard InChI is InChI=1S/C27H40N2O2S/c1-2-3-4-5-6-7-8-9-10-11-12-13-22-28-27(31)29-23-14-18-25(19-15-23)32-26-20-16-24(30)17-21-26/h14-21,30H,2-13,22H2,1H3,(H2,28,29,31). The van der Waals surface area contributed by atoms with Gasteiger partial charge in [-0.1, -0.05) is 89.3 Å². The number of phenols is 1. The van der Waals surface area contributed by atoms with Crippen LogP contribution in [0.5, 0.6) is 5.75 Å². The van der Waals surface area contributed by atoms with Crippen LogP contribution in [0.1, 0.15) is 84.0 Å². The van der Waals surface area contributed by atoms with Crippen LogP contribution in [-0.4, -0.2) is 17.7 Å². The van der Waals surface area contributed by atoms with Crippen LogP contribution in [0.2, 0.25) is 0 Å². The van der Waals surface area contributed by atoms with Crippen molar-refractivity contribution in [2.24, 2.45) is 0 Å². The lowest BCUT2D eigenvalue weighted by molar-refractivity contribution is 0.252. The molecule has 0 saturated carbocycles. The van der Waals surface area contributed by atoms with E-state index in [1.54, 1.807) is 23.9 Å². The van der Waals surface area contributed by atoms with Gasteiger partial charge in [0.1, 0.15) is 5.75 Å². The van der Waals surface area contributed by atoms with Crippen molar-refractivity contribution in [2.45, 2.75) is 93.8 Å². The fourth-order valence-electron chi connectivity index (χ4n) is 3.60. The first-order valence-corrected chi connectivity index (χ1v) is 13.1. The minimum atomic E-state index is -0.146. The molecule has 2 rings (SSSR count). The molecule has 0 spiro atoms. The van der Waals surface area contributed by atoms with Gasteiger partial charge in [-0.15, -0.1) is 0 Å². The summed E-state index contributed by atoms with van der Waals surface area (Å²) in [5.41, 5.74) is 0.784. The van der Waals surface area contributed by atoms with E-state index in [1.807, 2.05) is 36.4 Å². The van der Waals surface area contributed by atoms with Gasteiger partial charge in [-0.25, -0.2) is 4.79 Å². The molecule has 3 N–H and O–H groups in total. The quantitative estimate of drug-likeness (QED) is 0.222. The van der Waals surface area contributed by atoms with Crippen molar-refractivity contribution in [3.63, 3.8) is 0 Å². The zero-order valence-corrected chi connectivity index (χ0v) is 20.4. The van der Waals surface area contributed by atoms with E-state index in [9.17, 15) is 9.90 Å². The average Bonchev–Trinajstić information content (AvgIpc) is 2.80. The number of hydrogen-bond acceptors (Lipinski definition) is 3. The van der Waals surface area contributed by atoms with Gasteiger partial charge >= 0.3 is 6.03 Å². The molecule has 2 aromatic rings. The van der Waals surface area contributed by atoms with Gasteiger partial charge in [0.05, 0.1) is 0 Å². The second kappa shape index (κ2) is 16.5. The second-order valence-corrected chi connectivity index (χ2v) is 9.54. The maximum atomic E-state index is 12.1. The van der Waals surface area contributed by atoms with Crippen LogP contribution in [0.15, 0.2) is 58.3 Å². The highest BCUT2D eigenvalue weighted by Crippen LogP contribution is 2.29. The van der Waals surface area contributed by atoms with E-state index in [1.165, 1.54) is 70.6 Å². The summed E-state index contributed by atoms with van der Waals surface area (Å²) in [5, 5.41) is 15.2. The summed E-state index contributed by atoms with van der Waals surface area (Å²) in [5.74, 6) is 0.267. The van der Waals surface area contributed by atoms with Gasteiger partial charge in [0.15, 0.2) is 0 Å². The fraction of sp³-hybridized carbons (Fsp3) is 0.519. The zero-order chi connectivity index (χ0) is 22.9. The van der Waals surface area contributed by atoms with E-state index in [-0.39, 0.29) is 11.8 Å². The maximum Gasteiger partial charge on any atom is 0.319 e. The van der Waals surface area contributed by atoms with E-state index < -0.39 is 0 Å². The Hall–Kier alpha value is -2.14. The van der Waals surface area contributed by atoms with Gasteiger partial charge in [0, 0.05) is 22.0 Å². The van der Waals surface area contributed by atoms with Gasteiger partial charge in [0.25, 0.3) is 0 Å². The molecule has 2 amide bonds. The highest BCUT2D eigenvalue weighted by molar-refractivity contribution is 7.99. The Morgan fingerprint density at radius 3 is 1.72 bits per heavy atom. The maximum absolute atomic E-state index is 12.1. The van der Waals surface area contributed by atoms with E-state index in [2.05, 4.69) is 17.6 Å². The number of nitrogens with one attached hydrogen (secondary N) is 2. The molecule has 0 heterocycles. The van der Waals surface area contributed by atoms with Crippen LogP contribution in [0.3, 0.4) is 0 Å². The number of phenolic OH excluding ortho intramolecular Hbond substituents is 1. The Morgan fingerprint density at radius 2 is 1.19 bits per heavy atom. The number of benzene rings is 2. The number of carbonyl (C=O) groups is 1. The third kappa shape index (κ3) is 12.0. The predicted molar refractivity (Wildman–Crippen MR) is 137 cm³/mol. The lowest BCUT2D eigenvalue weighted by atomic mass is 10.1. The van der Waals surface area contributed by atoms with E-state index in [4.69, 9.17) is 0 Å². The molecule has 2 aromatic carbocycles. The molecule has 0 aliphatic heterocycles. The van der Waals surface area contributed by atoms with Gasteiger partial charge in [-0.3, -0.25) is 0 Å². The van der Waals surface area contributed by atoms with E-state index >= 15 is 0 Å². The second-order valence-electron chi connectivity index (χ2n) is 8.39. The molecule has 0 atom stereocenters. The number of aromatic hydroxyl groups is 1. The van der Waals surface area contributed by atoms with Crippen LogP contribution >= 0.6 is 11.8 Å². The van der Waals surface area contributed by atoms with Gasteiger partial charge < -0.3 is 15.7 Å². The molecule has 0 aromatic heterocycles. The molecule has 0 unspecified atom stereocenters. The normalized spacial score (nSPS) is 10.8. The van der Waals surface area contributed by atoms with E-state index in [0.717, 1.165) is 28.4 Å².